The number of carbonyl (C=O) groups excluding carboxylic acids is 1. The highest BCUT2D eigenvalue weighted by atomic mass is 16.1. The van der Waals surface area contributed by atoms with Crippen LogP contribution in [0.5, 0.6) is 0 Å². The standard InChI is InChI=1S/C26H29N5O/c1-26(2,3)19-10-7-16(8-11-19)25(32)31-22-6-4-5-17-13-18(9-12-20(17)22)23-21(14-27)24(28)30-15-29-23/h7-15,22,27H,4-6H2,1-3H3,(H,31,32)(H2,28,29,30). The van der Waals surface area contributed by atoms with Crippen LogP contribution in [0.15, 0.2) is 48.8 Å². The Morgan fingerprint density at radius 1 is 1.16 bits per heavy atom. The molecule has 1 aliphatic rings. The summed E-state index contributed by atoms with van der Waals surface area (Å²) in [5, 5.41) is 10.9. The number of nitrogen functional groups attached to an aromatic ring is 1. The fourth-order valence-corrected chi connectivity index (χ4v) is 4.26. The van der Waals surface area contributed by atoms with Crippen LogP contribution in [-0.4, -0.2) is 22.1 Å². The summed E-state index contributed by atoms with van der Waals surface area (Å²) in [5.74, 6) is 0.243. The van der Waals surface area contributed by atoms with Crippen LogP contribution in [-0.2, 0) is 11.8 Å². The first-order valence-electron chi connectivity index (χ1n) is 10.9. The summed E-state index contributed by atoms with van der Waals surface area (Å²) in [6.07, 6.45) is 5.46. The topological polar surface area (TPSA) is 105 Å². The number of nitrogens with zero attached hydrogens (tertiary/aromatic N) is 2. The number of amides is 1. The van der Waals surface area contributed by atoms with Crippen LogP contribution in [0.3, 0.4) is 0 Å². The van der Waals surface area contributed by atoms with Crippen molar-refractivity contribution in [3.63, 3.8) is 0 Å². The first kappa shape index (κ1) is 21.7. The van der Waals surface area contributed by atoms with E-state index in [0.29, 0.717) is 22.6 Å². The molecule has 0 aliphatic heterocycles. The first-order chi connectivity index (χ1) is 15.3. The Labute approximate surface area is 188 Å². The third kappa shape index (κ3) is 4.26. The average Bonchev–Trinajstić information content (AvgIpc) is 2.78. The lowest BCUT2D eigenvalue weighted by Gasteiger charge is -2.27. The molecule has 0 bridgehead atoms. The number of carbonyl (C=O) groups is 1. The van der Waals surface area contributed by atoms with Crippen molar-refractivity contribution in [2.75, 3.05) is 5.73 Å². The molecule has 164 valence electrons. The van der Waals surface area contributed by atoms with Crippen molar-refractivity contribution in [3.05, 3.63) is 76.6 Å². The molecule has 1 atom stereocenters. The second kappa shape index (κ2) is 8.54. The van der Waals surface area contributed by atoms with Gasteiger partial charge in [-0.2, -0.15) is 0 Å². The van der Waals surface area contributed by atoms with Crippen molar-refractivity contribution in [2.45, 2.75) is 51.5 Å². The Bertz CT molecular complexity index is 1160. The van der Waals surface area contributed by atoms with Gasteiger partial charge in [-0.15, -0.1) is 0 Å². The smallest absolute Gasteiger partial charge is 0.251 e. The quantitative estimate of drug-likeness (QED) is 0.519. The van der Waals surface area contributed by atoms with Gasteiger partial charge >= 0.3 is 0 Å². The number of fused-ring (bicyclic) bond motifs is 1. The SMILES string of the molecule is CC(C)(C)c1ccc(C(=O)NC2CCCc3cc(-c4ncnc(N)c4C=N)ccc32)cc1. The molecule has 0 radical (unpaired) electrons. The highest BCUT2D eigenvalue weighted by molar-refractivity contribution is 5.94. The van der Waals surface area contributed by atoms with E-state index in [1.165, 1.54) is 23.7 Å². The van der Waals surface area contributed by atoms with Gasteiger partial charge in [0.15, 0.2) is 0 Å². The van der Waals surface area contributed by atoms with Crippen LogP contribution in [0.4, 0.5) is 5.82 Å². The van der Waals surface area contributed by atoms with Crippen molar-refractivity contribution >= 4 is 17.9 Å². The third-order valence-electron chi connectivity index (χ3n) is 6.11. The maximum atomic E-state index is 12.9. The molecule has 0 saturated heterocycles. The summed E-state index contributed by atoms with van der Waals surface area (Å²) < 4.78 is 0. The summed E-state index contributed by atoms with van der Waals surface area (Å²) in [6, 6.07) is 14.0. The van der Waals surface area contributed by atoms with Crippen LogP contribution < -0.4 is 11.1 Å². The van der Waals surface area contributed by atoms with E-state index in [2.05, 4.69) is 48.2 Å². The van der Waals surface area contributed by atoms with Crippen molar-refractivity contribution in [1.29, 1.82) is 5.41 Å². The number of benzene rings is 2. The molecule has 0 spiro atoms. The van der Waals surface area contributed by atoms with Crippen molar-refractivity contribution in [3.8, 4) is 11.3 Å². The lowest BCUT2D eigenvalue weighted by Crippen LogP contribution is -2.31. The lowest BCUT2D eigenvalue weighted by molar-refractivity contribution is 0.0932. The monoisotopic (exact) mass is 427 g/mol. The van der Waals surface area contributed by atoms with Crippen LogP contribution in [0.2, 0.25) is 0 Å². The van der Waals surface area contributed by atoms with Crippen LogP contribution >= 0.6 is 0 Å². The minimum Gasteiger partial charge on any atom is -0.383 e. The van der Waals surface area contributed by atoms with Gasteiger partial charge in [0, 0.05) is 17.3 Å². The number of anilines is 1. The molecule has 1 aromatic heterocycles. The summed E-state index contributed by atoms with van der Waals surface area (Å²) >= 11 is 0. The van der Waals surface area contributed by atoms with Crippen molar-refractivity contribution in [1.82, 2.24) is 15.3 Å². The Kier molecular flexibility index (Phi) is 5.78. The highest BCUT2D eigenvalue weighted by Gasteiger charge is 2.24. The van der Waals surface area contributed by atoms with Gasteiger partial charge in [0.05, 0.1) is 17.3 Å². The van der Waals surface area contributed by atoms with Gasteiger partial charge in [-0.05, 0) is 59.6 Å². The molecule has 1 aliphatic carbocycles. The van der Waals surface area contributed by atoms with E-state index >= 15 is 0 Å². The van der Waals surface area contributed by atoms with E-state index in [4.69, 9.17) is 11.1 Å². The maximum absolute atomic E-state index is 12.9. The van der Waals surface area contributed by atoms with Crippen molar-refractivity contribution < 1.29 is 4.79 Å². The van der Waals surface area contributed by atoms with Crippen LogP contribution in [0.25, 0.3) is 11.3 Å². The number of rotatable bonds is 4. The summed E-state index contributed by atoms with van der Waals surface area (Å²) in [6.45, 7) is 6.49. The van der Waals surface area contributed by atoms with E-state index < -0.39 is 0 Å². The predicted molar refractivity (Wildman–Crippen MR) is 128 cm³/mol. The average molecular weight is 428 g/mol. The molecule has 1 unspecified atom stereocenters. The minimum atomic E-state index is -0.0537. The molecular formula is C26H29N5O. The molecule has 1 amide bonds. The first-order valence-corrected chi connectivity index (χ1v) is 10.9. The fourth-order valence-electron chi connectivity index (χ4n) is 4.26. The Morgan fingerprint density at radius 2 is 1.91 bits per heavy atom. The molecule has 2 aromatic carbocycles. The summed E-state index contributed by atoms with van der Waals surface area (Å²) in [7, 11) is 0. The number of nitrogens with one attached hydrogen (secondary N) is 2. The Morgan fingerprint density at radius 3 is 2.59 bits per heavy atom. The third-order valence-corrected chi connectivity index (χ3v) is 6.11. The molecule has 4 rings (SSSR count). The summed E-state index contributed by atoms with van der Waals surface area (Å²) in [5.41, 5.74) is 12.3. The second-order valence-corrected chi connectivity index (χ2v) is 9.32. The van der Waals surface area contributed by atoms with E-state index in [-0.39, 0.29) is 17.4 Å². The zero-order valence-corrected chi connectivity index (χ0v) is 18.8. The maximum Gasteiger partial charge on any atom is 0.251 e. The van der Waals surface area contributed by atoms with Gasteiger partial charge in [-0.3, -0.25) is 4.79 Å². The largest absolute Gasteiger partial charge is 0.383 e. The molecule has 0 saturated carbocycles. The molecule has 6 nitrogen and oxygen atoms in total. The van der Waals surface area contributed by atoms with E-state index in [9.17, 15) is 4.79 Å². The molecule has 0 fully saturated rings. The van der Waals surface area contributed by atoms with Gasteiger partial charge in [0.25, 0.3) is 5.91 Å². The molecular weight excluding hydrogens is 398 g/mol. The predicted octanol–water partition coefficient (Wildman–Crippen LogP) is 4.83. The fraction of sp³-hybridized carbons (Fsp3) is 0.308. The minimum absolute atomic E-state index is 0.0275. The number of hydrogen-bond acceptors (Lipinski definition) is 5. The van der Waals surface area contributed by atoms with E-state index in [1.807, 2.05) is 30.3 Å². The lowest BCUT2D eigenvalue weighted by atomic mass is 9.85. The normalized spacial score (nSPS) is 15.7. The number of aryl methyl sites for hydroxylation is 1. The van der Waals surface area contributed by atoms with Gasteiger partial charge in [-0.1, -0.05) is 45.0 Å². The Balaban J connectivity index is 1.57. The number of hydrogen-bond donors (Lipinski definition) is 3. The van der Waals surface area contributed by atoms with Gasteiger partial charge in [0.2, 0.25) is 0 Å². The summed E-state index contributed by atoms with van der Waals surface area (Å²) in [4.78, 5) is 21.3. The van der Waals surface area contributed by atoms with Crippen molar-refractivity contribution in [2.24, 2.45) is 0 Å². The highest BCUT2D eigenvalue weighted by Crippen LogP contribution is 2.34. The Hall–Kier alpha value is -3.54. The van der Waals surface area contributed by atoms with Gasteiger partial charge < -0.3 is 16.5 Å². The molecule has 1 heterocycles. The van der Waals surface area contributed by atoms with E-state index in [1.54, 1.807) is 0 Å². The van der Waals surface area contributed by atoms with Gasteiger partial charge in [0.1, 0.15) is 12.1 Å². The molecule has 3 aromatic rings. The van der Waals surface area contributed by atoms with Gasteiger partial charge in [-0.25, -0.2) is 9.97 Å². The molecule has 32 heavy (non-hydrogen) atoms. The number of nitrogens with two attached hydrogens (primary N) is 1. The van der Waals surface area contributed by atoms with E-state index in [0.717, 1.165) is 30.4 Å². The van der Waals surface area contributed by atoms with Crippen LogP contribution in [0, 0.1) is 5.41 Å². The number of aromatic nitrogens is 2. The molecule has 6 heteroatoms. The second-order valence-electron chi connectivity index (χ2n) is 9.32. The molecule has 4 N–H and O–H groups in total. The zero-order valence-electron chi connectivity index (χ0n) is 18.8. The van der Waals surface area contributed by atoms with Crippen LogP contribution in [0.1, 0.15) is 72.3 Å². The zero-order chi connectivity index (χ0) is 22.9.